The fourth-order valence-corrected chi connectivity index (χ4v) is 0.311. The maximum absolute atomic E-state index is 10.4. The lowest BCUT2D eigenvalue weighted by Gasteiger charge is -1.91. The number of ether oxygens (including phenoxy) is 1. The highest BCUT2D eigenvalue weighted by molar-refractivity contribution is 5.96. The van der Waals surface area contributed by atoms with Crippen molar-refractivity contribution in [2.45, 2.75) is 6.92 Å². The van der Waals surface area contributed by atoms with Gasteiger partial charge in [-0.1, -0.05) is 12.7 Å². The summed E-state index contributed by atoms with van der Waals surface area (Å²) in [5.74, 6) is -1.41. The van der Waals surface area contributed by atoms with Crippen molar-refractivity contribution in [1.29, 1.82) is 0 Å². The number of rotatable bonds is 2. The molecular weight excluding hydrogens is 132 g/mol. The highest BCUT2D eigenvalue weighted by Gasteiger charge is 2.00. The summed E-state index contributed by atoms with van der Waals surface area (Å²) in [5, 5.41) is 0. The van der Waals surface area contributed by atoms with Crippen molar-refractivity contribution in [3.8, 4) is 0 Å². The van der Waals surface area contributed by atoms with Gasteiger partial charge in [0.25, 0.3) is 0 Å². The predicted molar refractivity (Wildman–Crippen MR) is 36.1 cm³/mol. The zero-order chi connectivity index (χ0) is 7.98. The molecule has 10 heavy (non-hydrogen) atoms. The summed E-state index contributed by atoms with van der Waals surface area (Å²) >= 11 is 0. The van der Waals surface area contributed by atoms with Crippen LogP contribution in [0.1, 0.15) is 6.92 Å². The molecule has 0 heterocycles. The van der Waals surface area contributed by atoms with Crippen LogP contribution in [0.25, 0.3) is 0 Å². The van der Waals surface area contributed by atoms with E-state index in [1.54, 1.807) is 6.92 Å². The van der Waals surface area contributed by atoms with E-state index in [2.05, 4.69) is 11.3 Å². The number of allylic oxidation sites excluding steroid dienone is 1. The molecule has 0 amide bonds. The van der Waals surface area contributed by atoms with E-state index in [9.17, 15) is 9.59 Å². The van der Waals surface area contributed by atoms with Gasteiger partial charge in [-0.05, 0) is 6.92 Å². The van der Waals surface area contributed by atoms with Gasteiger partial charge in [-0.25, -0.2) is 9.59 Å². The minimum Gasteiger partial charge on any atom is -0.387 e. The normalized spacial score (nSPS) is 9.30. The number of esters is 2. The average molecular weight is 140 g/mol. The summed E-state index contributed by atoms with van der Waals surface area (Å²) in [5.41, 5.74) is 0. The number of carbonyl (C=O) groups is 2. The topological polar surface area (TPSA) is 43.4 Å². The molecule has 0 aromatic heterocycles. The van der Waals surface area contributed by atoms with E-state index in [1.807, 2.05) is 0 Å². The molecule has 0 aromatic carbocycles. The highest BCUT2D eigenvalue weighted by atomic mass is 16.6. The first kappa shape index (κ1) is 8.62. The molecule has 0 spiro atoms. The molecule has 0 aliphatic rings. The molecule has 0 saturated heterocycles. The van der Waals surface area contributed by atoms with E-state index in [4.69, 9.17) is 0 Å². The lowest BCUT2D eigenvalue weighted by atomic mass is 10.5. The summed E-state index contributed by atoms with van der Waals surface area (Å²) in [6.07, 6.45) is 3.57. The summed E-state index contributed by atoms with van der Waals surface area (Å²) in [7, 11) is 0. The molecule has 0 fully saturated rings. The van der Waals surface area contributed by atoms with E-state index in [-0.39, 0.29) is 0 Å². The van der Waals surface area contributed by atoms with Crippen molar-refractivity contribution in [3.63, 3.8) is 0 Å². The summed E-state index contributed by atoms with van der Waals surface area (Å²) in [6.45, 7) is 4.78. The Kier molecular flexibility index (Phi) is 3.87. The molecular formula is C7H8O3. The Hall–Kier alpha value is -1.38. The summed E-state index contributed by atoms with van der Waals surface area (Å²) in [6, 6.07) is 0. The summed E-state index contributed by atoms with van der Waals surface area (Å²) < 4.78 is 4.16. The molecule has 0 rings (SSSR count). The molecule has 3 nitrogen and oxygen atoms in total. The second-order valence-electron chi connectivity index (χ2n) is 1.44. The molecule has 0 aromatic rings. The van der Waals surface area contributed by atoms with Crippen molar-refractivity contribution in [3.05, 3.63) is 24.8 Å². The van der Waals surface area contributed by atoms with Crippen LogP contribution < -0.4 is 0 Å². The van der Waals surface area contributed by atoms with Crippen LogP contribution in [0.15, 0.2) is 24.8 Å². The number of hydrogen-bond donors (Lipinski definition) is 0. The first-order valence-corrected chi connectivity index (χ1v) is 2.71. The molecule has 54 valence electrons. The van der Waals surface area contributed by atoms with E-state index in [0.717, 1.165) is 12.2 Å². The SMILES string of the molecule is C=CC(=O)OC(=O)C=CC. The maximum Gasteiger partial charge on any atom is 0.338 e. The molecule has 0 bridgehead atoms. The molecule has 0 aliphatic heterocycles. The zero-order valence-electron chi connectivity index (χ0n) is 5.66. The molecule has 0 atom stereocenters. The van der Waals surface area contributed by atoms with Gasteiger partial charge in [0.15, 0.2) is 0 Å². The lowest BCUT2D eigenvalue weighted by molar-refractivity contribution is -0.152. The molecule has 0 aliphatic carbocycles. The van der Waals surface area contributed by atoms with Gasteiger partial charge in [-0.2, -0.15) is 0 Å². The minimum atomic E-state index is -0.733. The van der Waals surface area contributed by atoms with Crippen molar-refractivity contribution >= 4 is 11.9 Å². The minimum absolute atomic E-state index is 0.674. The molecule has 0 N–H and O–H groups in total. The van der Waals surface area contributed by atoms with Crippen LogP contribution in [0.5, 0.6) is 0 Å². The monoisotopic (exact) mass is 140 g/mol. The van der Waals surface area contributed by atoms with Crippen LogP contribution in [0.4, 0.5) is 0 Å². The molecule has 0 radical (unpaired) electrons. The van der Waals surface area contributed by atoms with E-state index < -0.39 is 11.9 Å². The van der Waals surface area contributed by atoms with Crippen molar-refractivity contribution in [2.75, 3.05) is 0 Å². The van der Waals surface area contributed by atoms with Gasteiger partial charge in [-0.3, -0.25) is 0 Å². The molecule has 0 unspecified atom stereocenters. The van der Waals surface area contributed by atoms with Gasteiger partial charge < -0.3 is 4.74 Å². The standard InChI is InChI=1S/C7H8O3/c1-3-5-7(9)10-6(8)4-2/h3-5H,2H2,1H3. The second-order valence-corrected chi connectivity index (χ2v) is 1.44. The third-order valence-corrected chi connectivity index (χ3v) is 0.671. The zero-order valence-corrected chi connectivity index (χ0v) is 5.66. The van der Waals surface area contributed by atoms with E-state index in [0.29, 0.717) is 0 Å². The van der Waals surface area contributed by atoms with Crippen LogP contribution in [-0.4, -0.2) is 11.9 Å². The average Bonchev–Trinajstić information content (AvgIpc) is 1.88. The quantitative estimate of drug-likeness (QED) is 0.324. The smallest absolute Gasteiger partial charge is 0.338 e. The van der Waals surface area contributed by atoms with Gasteiger partial charge in [0, 0.05) is 12.2 Å². The first-order chi connectivity index (χ1) is 4.70. The first-order valence-electron chi connectivity index (χ1n) is 2.71. The third kappa shape index (κ3) is 3.60. The van der Waals surface area contributed by atoms with Gasteiger partial charge in [0.2, 0.25) is 0 Å². The van der Waals surface area contributed by atoms with Crippen LogP contribution >= 0.6 is 0 Å². The van der Waals surface area contributed by atoms with Gasteiger partial charge in [0.1, 0.15) is 0 Å². The Morgan fingerprint density at radius 2 is 2.00 bits per heavy atom. The lowest BCUT2D eigenvalue weighted by Crippen LogP contribution is -2.06. The third-order valence-electron chi connectivity index (χ3n) is 0.671. The van der Waals surface area contributed by atoms with Crippen molar-refractivity contribution in [1.82, 2.24) is 0 Å². The Labute approximate surface area is 59.0 Å². The van der Waals surface area contributed by atoms with Gasteiger partial charge >= 0.3 is 11.9 Å². The largest absolute Gasteiger partial charge is 0.387 e. The molecule has 0 saturated carbocycles. The number of hydrogen-bond acceptors (Lipinski definition) is 3. The predicted octanol–water partition coefficient (Wildman–Crippen LogP) is 0.818. The number of carbonyl (C=O) groups excluding carboxylic acids is 2. The molecule has 3 heteroatoms. The Morgan fingerprint density at radius 3 is 2.40 bits per heavy atom. The van der Waals surface area contributed by atoms with E-state index >= 15 is 0 Å². The summed E-state index contributed by atoms with van der Waals surface area (Å²) in [4.78, 5) is 20.7. The fourth-order valence-electron chi connectivity index (χ4n) is 0.311. The Bertz CT molecular complexity index is 179. The fraction of sp³-hybridized carbons (Fsp3) is 0.143. The second kappa shape index (κ2) is 4.49. The Balaban J connectivity index is 3.79. The van der Waals surface area contributed by atoms with Crippen LogP contribution in [0, 0.1) is 0 Å². The van der Waals surface area contributed by atoms with Crippen LogP contribution in [-0.2, 0) is 14.3 Å². The van der Waals surface area contributed by atoms with Crippen molar-refractivity contribution < 1.29 is 14.3 Å². The van der Waals surface area contributed by atoms with Crippen molar-refractivity contribution in [2.24, 2.45) is 0 Å². The highest BCUT2D eigenvalue weighted by Crippen LogP contribution is 1.83. The van der Waals surface area contributed by atoms with Crippen LogP contribution in [0.2, 0.25) is 0 Å². The maximum atomic E-state index is 10.4. The van der Waals surface area contributed by atoms with E-state index in [1.165, 1.54) is 6.08 Å². The van der Waals surface area contributed by atoms with Crippen LogP contribution in [0.3, 0.4) is 0 Å². The van der Waals surface area contributed by atoms with Gasteiger partial charge in [0.05, 0.1) is 0 Å². The Morgan fingerprint density at radius 1 is 1.40 bits per heavy atom. The van der Waals surface area contributed by atoms with Gasteiger partial charge in [-0.15, -0.1) is 0 Å².